The third kappa shape index (κ3) is 8.30. The van der Waals surface area contributed by atoms with Gasteiger partial charge in [0.25, 0.3) is 0 Å². The Labute approximate surface area is 179 Å². The highest BCUT2D eigenvalue weighted by atomic mass is 127. The number of likely N-dealkylation sites (tertiary alicyclic amines) is 1. The molecule has 9 heteroatoms. The van der Waals surface area contributed by atoms with Gasteiger partial charge in [0, 0.05) is 32.8 Å². The maximum Gasteiger partial charge on any atom is 0.246 e. The van der Waals surface area contributed by atoms with Crippen molar-refractivity contribution in [1.29, 1.82) is 0 Å². The van der Waals surface area contributed by atoms with Crippen LogP contribution in [0.15, 0.2) is 9.52 Å². The number of rotatable bonds is 9. The topological polar surface area (TPSA) is 87.8 Å². The standard InChI is InChI=1S/C18H34N6O2.HI/c1-5-7-10-24-11-8-15(9-12-24)21-18(19-4)20-13-16-22-17(23-26-16)14(3)25-6-2;/h14-15H,5-13H2,1-4H3,(H2,19,20,21);1H. The molecule has 2 rings (SSSR count). The van der Waals surface area contributed by atoms with E-state index in [-0.39, 0.29) is 30.1 Å². The van der Waals surface area contributed by atoms with Crippen molar-refractivity contribution in [2.24, 2.45) is 4.99 Å². The second kappa shape index (κ2) is 13.3. The van der Waals surface area contributed by atoms with Gasteiger partial charge in [0.15, 0.2) is 11.8 Å². The number of unbranched alkanes of at least 4 members (excludes halogenated alkanes) is 1. The maximum atomic E-state index is 5.48. The molecular formula is C18H35IN6O2. The lowest BCUT2D eigenvalue weighted by molar-refractivity contribution is 0.0683. The number of aromatic nitrogens is 2. The second-order valence-corrected chi connectivity index (χ2v) is 6.68. The lowest BCUT2D eigenvalue weighted by atomic mass is 10.0. The van der Waals surface area contributed by atoms with Crippen LogP contribution >= 0.6 is 24.0 Å². The largest absolute Gasteiger partial charge is 0.371 e. The molecule has 8 nitrogen and oxygen atoms in total. The second-order valence-electron chi connectivity index (χ2n) is 6.68. The van der Waals surface area contributed by atoms with Crippen LogP contribution in [0.1, 0.15) is 64.3 Å². The molecule has 0 aromatic carbocycles. The maximum absolute atomic E-state index is 5.48. The molecule has 0 radical (unpaired) electrons. The first kappa shape index (κ1) is 24.1. The minimum atomic E-state index is -0.159. The molecule has 27 heavy (non-hydrogen) atoms. The van der Waals surface area contributed by atoms with E-state index in [1.807, 2.05) is 13.8 Å². The van der Waals surface area contributed by atoms with Crippen LogP contribution in [-0.2, 0) is 11.3 Å². The van der Waals surface area contributed by atoms with Gasteiger partial charge in [0.2, 0.25) is 5.89 Å². The molecule has 1 aromatic heterocycles. The molecule has 0 aliphatic carbocycles. The highest BCUT2D eigenvalue weighted by Gasteiger charge is 2.20. The minimum absolute atomic E-state index is 0. The predicted molar refractivity (Wildman–Crippen MR) is 117 cm³/mol. The van der Waals surface area contributed by atoms with Gasteiger partial charge in [-0.1, -0.05) is 18.5 Å². The molecule has 0 bridgehead atoms. The highest BCUT2D eigenvalue weighted by molar-refractivity contribution is 14.0. The smallest absolute Gasteiger partial charge is 0.246 e. The van der Waals surface area contributed by atoms with E-state index in [9.17, 15) is 0 Å². The van der Waals surface area contributed by atoms with Crippen molar-refractivity contribution in [3.63, 3.8) is 0 Å². The number of ether oxygens (including phenoxy) is 1. The Morgan fingerprint density at radius 3 is 2.74 bits per heavy atom. The van der Waals surface area contributed by atoms with Crippen LogP contribution in [-0.4, -0.2) is 60.3 Å². The minimum Gasteiger partial charge on any atom is -0.371 e. The summed E-state index contributed by atoms with van der Waals surface area (Å²) in [6.45, 7) is 10.7. The van der Waals surface area contributed by atoms with Crippen LogP contribution in [0, 0.1) is 0 Å². The van der Waals surface area contributed by atoms with Crippen LogP contribution in [0.2, 0.25) is 0 Å². The molecule has 2 N–H and O–H groups in total. The van der Waals surface area contributed by atoms with Crippen molar-refractivity contribution >= 4 is 29.9 Å². The van der Waals surface area contributed by atoms with Crippen molar-refractivity contribution in [1.82, 2.24) is 25.7 Å². The van der Waals surface area contributed by atoms with Crippen LogP contribution in [0.5, 0.6) is 0 Å². The Bertz CT molecular complexity index is 546. The highest BCUT2D eigenvalue weighted by Crippen LogP contribution is 2.13. The van der Waals surface area contributed by atoms with Crippen molar-refractivity contribution in [3.05, 3.63) is 11.7 Å². The molecular weight excluding hydrogens is 459 g/mol. The fraction of sp³-hybridized carbons (Fsp3) is 0.833. The number of aliphatic imine (C=N–C) groups is 1. The normalized spacial score (nSPS) is 17.4. The fourth-order valence-corrected chi connectivity index (χ4v) is 3.06. The van der Waals surface area contributed by atoms with E-state index in [2.05, 4.69) is 37.6 Å². The summed E-state index contributed by atoms with van der Waals surface area (Å²) in [6, 6.07) is 0.454. The van der Waals surface area contributed by atoms with Crippen molar-refractivity contribution < 1.29 is 9.26 Å². The summed E-state index contributed by atoms with van der Waals surface area (Å²) in [6.07, 6.45) is 4.67. The first-order valence-corrected chi connectivity index (χ1v) is 9.79. The summed E-state index contributed by atoms with van der Waals surface area (Å²) in [5, 5.41) is 10.7. The SMILES string of the molecule is CCCCN1CCC(NC(=NC)NCc2nc(C(C)OCC)no2)CC1.I. The van der Waals surface area contributed by atoms with Crippen LogP contribution < -0.4 is 10.6 Å². The van der Waals surface area contributed by atoms with E-state index in [0.29, 0.717) is 30.9 Å². The molecule has 1 aliphatic heterocycles. The van der Waals surface area contributed by atoms with Gasteiger partial charge in [0.1, 0.15) is 6.10 Å². The van der Waals surface area contributed by atoms with Gasteiger partial charge in [-0.3, -0.25) is 4.99 Å². The summed E-state index contributed by atoms with van der Waals surface area (Å²) in [5.74, 6) is 1.88. The molecule has 0 spiro atoms. The number of guanidine groups is 1. The zero-order valence-electron chi connectivity index (χ0n) is 17.0. The molecule has 156 valence electrons. The number of hydrogen-bond donors (Lipinski definition) is 2. The van der Waals surface area contributed by atoms with E-state index in [0.717, 1.165) is 31.9 Å². The predicted octanol–water partition coefficient (Wildman–Crippen LogP) is 2.71. The molecule has 1 unspecified atom stereocenters. The van der Waals surface area contributed by atoms with Gasteiger partial charge in [-0.2, -0.15) is 4.98 Å². The zero-order chi connectivity index (χ0) is 18.8. The van der Waals surface area contributed by atoms with E-state index >= 15 is 0 Å². The van der Waals surface area contributed by atoms with Gasteiger partial charge in [-0.15, -0.1) is 24.0 Å². The average molecular weight is 494 g/mol. The number of nitrogens with zero attached hydrogens (tertiary/aromatic N) is 4. The van der Waals surface area contributed by atoms with E-state index in [1.54, 1.807) is 7.05 Å². The Morgan fingerprint density at radius 1 is 1.37 bits per heavy atom. The number of nitrogens with one attached hydrogen (secondary N) is 2. The van der Waals surface area contributed by atoms with E-state index in [4.69, 9.17) is 9.26 Å². The van der Waals surface area contributed by atoms with E-state index < -0.39 is 0 Å². The Kier molecular flexibility index (Phi) is 11.8. The summed E-state index contributed by atoms with van der Waals surface area (Å²) in [5.41, 5.74) is 0. The van der Waals surface area contributed by atoms with Gasteiger partial charge in [0.05, 0.1) is 6.54 Å². The Hall–Kier alpha value is -0.940. The monoisotopic (exact) mass is 494 g/mol. The molecule has 1 fully saturated rings. The number of piperidine rings is 1. The molecule has 1 saturated heterocycles. The zero-order valence-corrected chi connectivity index (χ0v) is 19.4. The van der Waals surface area contributed by atoms with Gasteiger partial charge < -0.3 is 24.8 Å². The van der Waals surface area contributed by atoms with E-state index in [1.165, 1.54) is 19.4 Å². The molecule has 0 saturated carbocycles. The van der Waals surface area contributed by atoms with Crippen molar-refractivity contribution in [2.45, 2.75) is 65.1 Å². The van der Waals surface area contributed by atoms with Crippen LogP contribution in [0.25, 0.3) is 0 Å². The molecule has 1 aromatic rings. The van der Waals surface area contributed by atoms with Gasteiger partial charge in [-0.25, -0.2) is 0 Å². The van der Waals surface area contributed by atoms with Crippen molar-refractivity contribution in [3.8, 4) is 0 Å². The lowest BCUT2D eigenvalue weighted by Gasteiger charge is -2.32. The van der Waals surface area contributed by atoms with Gasteiger partial charge >= 0.3 is 0 Å². The Morgan fingerprint density at radius 2 is 2.11 bits per heavy atom. The number of halogens is 1. The lowest BCUT2D eigenvalue weighted by Crippen LogP contribution is -2.48. The summed E-state index contributed by atoms with van der Waals surface area (Å²) < 4.78 is 10.8. The first-order chi connectivity index (χ1) is 12.7. The first-order valence-electron chi connectivity index (χ1n) is 9.79. The third-order valence-corrected chi connectivity index (χ3v) is 4.65. The average Bonchev–Trinajstić information content (AvgIpc) is 3.14. The van der Waals surface area contributed by atoms with Crippen molar-refractivity contribution in [2.75, 3.05) is 33.3 Å². The summed E-state index contributed by atoms with van der Waals surface area (Å²) >= 11 is 0. The quantitative estimate of drug-likeness (QED) is 0.310. The van der Waals surface area contributed by atoms with Crippen LogP contribution in [0.3, 0.4) is 0 Å². The summed E-state index contributed by atoms with van der Waals surface area (Å²) in [7, 11) is 1.78. The molecule has 1 aliphatic rings. The van der Waals surface area contributed by atoms with Crippen LogP contribution in [0.4, 0.5) is 0 Å². The third-order valence-electron chi connectivity index (χ3n) is 4.65. The van der Waals surface area contributed by atoms with Gasteiger partial charge in [-0.05, 0) is 39.7 Å². The number of hydrogen-bond acceptors (Lipinski definition) is 6. The fourth-order valence-electron chi connectivity index (χ4n) is 3.06. The molecule has 1 atom stereocenters. The Balaban J connectivity index is 0.00000364. The molecule has 0 amide bonds. The summed E-state index contributed by atoms with van der Waals surface area (Å²) in [4.78, 5) is 11.2. The molecule has 2 heterocycles.